The molecule has 1 aromatic carbocycles. The van der Waals surface area contributed by atoms with Crippen LogP contribution in [0.15, 0.2) is 30.3 Å². The molecule has 1 aliphatic heterocycles. The van der Waals surface area contributed by atoms with Crippen molar-refractivity contribution in [3.63, 3.8) is 0 Å². The maximum atomic E-state index is 5.64. The topological polar surface area (TPSA) is 34.2 Å². The average molecular weight is 270 g/mol. The molecule has 2 atom stereocenters. The third-order valence-corrected chi connectivity index (χ3v) is 4.24. The van der Waals surface area contributed by atoms with Gasteiger partial charge in [0, 0.05) is 17.9 Å². The first-order valence-corrected chi connectivity index (χ1v) is 7.41. The summed E-state index contributed by atoms with van der Waals surface area (Å²) in [6.07, 6.45) is 2.36. The van der Waals surface area contributed by atoms with E-state index in [1.807, 2.05) is 7.05 Å². The normalized spacial score (nSPS) is 21.0. The van der Waals surface area contributed by atoms with Crippen LogP contribution in [0.25, 0.3) is 10.9 Å². The van der Waals surface area contributed by atoms with E-state index in [2.05, 4.69) is 42.6 Å². The molecule has 3 heteroatoms. The number of benzene rings is 1. The molecule has 20 heavy (non-hydrogen) atoms. The molecule has 2 heterocycles. The van der Waals surface area contributed by atoms with Crippen molar-refractivity contribution < 1.29 is 4.74 Å². The molecule has 106 valence electrons. The van der Waals surface area contributed by atoms with Gasteiger partial charge < -0.3 is 10.1 Å². The highest BCUT2D eigenvalue weighted by atomic mass is 16.5. The van der Waals surface area contributed by atoms with Crippen molar-refractivity contribution in [2.75, 3.05) is 20.3 Å². The molecule has 0 saturated carbocycles. The van der Waals surface area contributed by atoms with E-state index in [9.17, 15) is 0 Å². The molecule has 0 aliphatic carbocycles. The summed E-state index contributed by atoms with van der Waals surface area (Å²) in [5.74, 6) is 0.516. The molecule has 1 aromatic heterocycles. The molecule has 2 unspecified atom stereocenters. The van der Waals surface area contributed by atoms with Gasteiger partial charge in [0.05, 0.1) is 23.9 Å². The van der Waals surface area contributed by atoms with Crippen LogP contribution < -0.4 is 5.32 Å². The molecule has 0 amide bonds. The molecule has 2 aromatic rings. The van der Waals surface area contributed by atoms with Crippen LogP contribution in [0.2, 0.25) is 0 Å². The molecule has 0 spiro atoms. The van der Waals surface area contributed by atoms with Gasteiger partial charge in [-0.05, 0) is 44.5 Å². The number of pyridine rings is 1. The molecular formula is C17H22N2O. The van der Waals surface area contributed by atoms with Gasteiger partial charge in [-0.1, -0.05) is 18.2 Å². The summed E-state index contributed by atoms with van der Waals surface area (Å²) >= 11 is 0. The lowest BCUT2D eigenvalue weighted by atomic mass is 9.90. The maximum Gasteiger partial charge on any atom is 0.0708 e. The van der Waals surface area contributed by atoms with E-state index in [-0.39, 0.29) is 6.04 Å². The van der Waals surface area contributed by atoms with E-state index in [1.54, 1.807) is 0 Å². The molecule has 0 radical (unpaired) electrons. The summed E-state index contributed by atoms with van der Waals surface area (Å²) in [7, 11) is 2.02. The van der Waals surface area contributed by atoms with Gasteiger partial charge >= 0.3 is 0 Å². The average Bonchev–Trinajstić information content (AvgIpc) is 2.49. The highest BCUT2D eigenvalue weighted by molar-refractivity contribution is 5.82. The number of fused-ring (bicyclic) bond motifs is 1. The third-order valence-electron chi connectivity index (χ3n) is 4.24. The fourth-order valence-electron chi connectivity index (χ4n) is 3.19. The van der Waals surface area contributed by atoms with Gasteiger partial charge in [0.15, 0.2) is 0 Å². The van der Waals surface area contributed by atoms with E-state index in [4.69, 9.17) is 9.72 Å². The Morgan fingerprint density at radius 1 is 1.35 bits per heavy atom. The highest BCUT2D eigenvalue weighted by Crippen LogP contribution is 2.29. The smallest absolute Gasteiger partial charge is 0.0708 e. The minimum Gasteiger partial charge on any atom is -0.381 e. The molecule has 0 bridgehead atoms. The SMILES string of the molecule is CNC(c1cc(C)c2ccccc2n1)C1CCCOC1. The Hall–Kier alpha value is -1.45. The zero-order valence-corrected chi connectivity index (χ0v) is 12.2. The second-order valence-corrected chi connectivity index (χ2v) is 5.62. The number of hydrogen-bond donors (Lipinski definition) is 1. The predicted octanol–water partition coefficient (Wildman–Crippen LogP) is 3.23. The summed E-state index contributed by atoms with van der Waals surface area (Å²) in [5.41, 5.74) is 3.52. The van der Waals surface area contributed by atoms with E-state index in [1.165, 1.54) is 17.4 Å². The monoisotopic (exact) mass is 270 g/mol. The predicted molar refractivity (Wildman–Crippen MR) is 81.8 cm³/mol. The van der Waals surface area contributed by atoms with E-state index in [0.717, 1.165) is 30.8 Å². The lowest BCUT2D eigenvalue weighted by Gasteiger charge is -2.30. The fraction of sp³-hybridized carbons (Fsp3) is 0.471. The van der Waals surface area contributed by atoms with Crippen LogP contribution in [0.5, 0.6) is 0 Å². The first kappa shape index (κ1) is 13.5. The number of aromatic nitrogens is 1. The summed E-state index contributed by atoms with van der Waals surface area (Å²) in [6.45, 7) is 3.90. The van der Waals surface area contributed by atoms with Crippen molar-refractivity contribution in [2.45, 2.75) is 25.8 Å². The molecule has 1 aliphatic rings. The zero-order chi connectivity index (χ0) is 13.9. The van der Waals surface area contributed by atoms with Gasteiger partial charge in [0.2, 0.25) is 0 Å². The summed E-state index contributed by atoms with van der Waals surface area (Å²) in [5, 5.41) is 4.68. The Morgan fingerprint density at radius 3 is 2.95 bits per heavy atom. The van der Waals surface area contributed by atoms with Gasteiger partial charge in [0.1, 0.15) is 0 Å². The number of rotatable bonds is 3. The van der Waals surface area contributed by atoms with Crippen LogP contribution in [0, 0.1) is 12.8 Å². The standard InChI is InChI=1S/C17H22N2O/c1-12-10-16(19-15-8-4-3-7-14(12)15)17(18-2)13-6-5-9-20-11-13/h3-4,7-8,10,13,17-18H,5-6,9,11H2,1-2H3. The van der Waals surface area contributed by atoms with Crippen LogP contribution in [-0.4, -0.2) is 25.2 Å². The third kappa shape index (κ3) is 2.56. The van der Waals surface area contributed by atoms with Gasteiger partial charge in [-0.3, -0.25) is 4.98 Å². The number of aryl methyl sites for hydroxylation is 1. The zero-order valence-electron chi connectivity index (χ0n) is 12.2. The first-order valence-electron chi connectivity index (χ1n) is 7.41. The number of para-hydroxylation sites is 1. The Labute approximate surface area is 120 Å². The van der Waals surface area contributed by atoms with Gasteiger partial charge in [-0.15, -0.1) is 0 Å². The van der Waals surface area contributed by atoms with Crippen molar-refractivity contribution in [1.82, 2.24) is 10.3 Å². The number of nitrogens with zero attached hydrogens (tertiary/aromatic N) is 1. The minimum absolute atomic E-state index is 0.276. The van der Waals surface area contributed by atoms with Crippen molar-refractivity contribution in [1.29, 1.82) is 0 Å². The summed E-state index contributed by atoms with van der Waals surface area (Å²) < 4.78 is 5.64. The van der Waals surface area contributed by atoms with E-state index >= 15 is 0 Å². The lowest BCUT2D eigenvalue weighted by Crippen LogP contribution is -2.32. The molecule has 1 saturated heterocycles. The number of nitrogens with one attached hydrogen (secondary N) is 1. The van der Waals surface area contributed by atoms with E-state index < -0.39 is 0 Å². The van der Waals surface area contributed by atoms with Crippen molar-refractivity contribution in [3.05, 3.63) is 41.6 Å². The first-order chi connectivity index (χ1) is 9.79. The summed E-state index contributed by atoms with van der Waals surface area (Å²) in [4.78, 5) is 4.86. The van der Waals surface area contributed by atoms with Gasteiger partial charge in [-0.25, -0.2) is 0 Å². The van der Waals surface area contributed by atoms with Crippen molar-refractivity contribution in [3.8, 4) is 0 Å². The number of hydrogen-bond acceptors (Lipinski definition) is 3. The van der Waals surface area contributed by atoms with Gasteiger partial charge in [-0.2, -0.15) is 0 Å². The largest absolute Gasteiger partial charge is 0.381 e. The Morgan fingerprint density at radius 2 is 2.20 bits per heavy atom. The minimum atomic E-state index is 0.276. The second-order valence-electron chi connectivity index (χ2n) is 5.62. The number of ether oxygens (including phenoxy) is 1. The molecule has 3 nitrogen and oxygen atoms in total. The molecule has 1 N–H and O–H groups in total. The molecule has 1 fully saturated rings. The Bertz CT molecular complexity index is 591. The van der Waals surface area contributed by atoms with Crippen LogP contribution in [0.4, 0.5) is 0 Å². The van der Waals surface area contributed by atoms with Crippen molar-refractivity contribution in [2.24, 2.45) is 5.92 Å². The quantitative estimate of drug-likeness (QED) is 0.929. The Balaban J connectivity index is 1.98. The lowest BCUT2D eigenvalue weighted by molar-refractivity contribution is 0.0396. The van der Waals surface area contributed by atoms with E-state index in [0.29, 0.717) is 5.92 Å². The second kappa shape index (κ2) is 5.90. The maximum absolute atomic E-state index is 5.64. The molecule has 3 rings (SSSR count). The fourth-order valence-corrected chi connectivity index (χ4v) is 3.19. The van der Waals surface area contributed by atoms with Crippen LogP contribution >= 0.6 is 0 Å². The van der Waals surface area contributed by atoms with Crippen LogP contribution in [0.1, 0.15) is 30.1 Å². The highest BCUT2D eigenvalue weighted by Gasteiger charge is 2.25. The van der Waals surface area contributed by atoms with Crippen LogP contribution in [-0.2, 0) is 4.74 Å². The van der Waals surface area contributed by atoms with Crippen molar-refractivity contribution >= 4 is 10.9 Å². The summed E-state index contributed by atoms with van der Waals surface area (Å²) in [6, 6.07) is 10.9. The Kier molecular flexibility index (Phi) is 3.99. The van der Waals surface area contributed by atoms with Crippen LogP contribution in [0.3, 0.4) is 0 Å². The molecular weight excluding hydrogens is 248 g/mol. The van der Waals surface area contributed by atoms with Gasteiger partial charge in [0.25, 0.3) is 0 Å².